The highest BCUT2D eigenvalue weighted by molar-refractivity contribution is 6.33. The number of nitrogens with zero attached hydrogens (tertiary/aromatic N) is 1. The lowest BCUT2D eigenvalue weighted by atomic mass is 9.94. The average Bonchev–Trinajstić information content (AvgIpc) is 2.65. The van der Waals surface area contributed by atoms with Gasteiger partial charge in [0.25, 0.3) is 0 Å². The Hall–Kier alpha value is -1.48. The van der Waals surface area contributed by atoms with Crippen molar-refractivity contribution in [1.29, 1.82) is 0 Å². The molecule has 3 nitrogen and oxygen atoms in total. The van der Waals surface area contributed by atoms with Gasteiger partial charge in [-0.15, -0.1) is 0 Å². The second-order valence-electron chi connectivity index (χ2n) is 4.98. The Bertz CT molecular complexity index is 520. The third kappa shape index (κ3) is 2.29. The largest absolute Gasteiger partial charge is 0.440 e. The molecule has 17 heavy (non-hydrogen) atoms. The normalized spacial score (nSPS) is 11.8. The molecule has 0 bridgehead atoms. The van der Waals surface area contributed by atoms with E-state index in [4.69, 9.17) is 21.8 Å². The van der Waals surface area contributed by atoms with Crippen LogP contribution in [0.15, 0.2) is 28.8 Å². The van der Waals surface area contributed by atoms with Gasteiger partial charge in [0.2, 0.25) is 5.89 Å². The summed E-state index contributed by atoms with van der Waals surface area (Å²) in [5, 5.41) is 0.548. The number of rotatable bonds is 1. The van der Waals surface area contributed by atoms with Crippen molar-refractivity contribution in [2.45, 2.75) is 26.2 Å². The Balaban J connectivity index is 2.51. The minimum atomic E-state index is -0.0821. The fraction of sp³-hybridized carbons (Fsp3) is 0.308. The molecule has 0 unspecified atom stereocenters. The van der Waals surface area contributed by atoms with E-state index >= 15 is 0 Å². The van der Waals surface area contributed by atoms with Crippen LogP contribution in [0.5, 0.6) is 0 Å². The zero-order valence-electron chi connectivity index (χ0n) is 10.1. The first-order chi connectivity index (χ1) is 7.89. The van der Waals surface area contributed by atoms with E-state index in [0.29, 0.717) is 22.2 Å². The van der Waals surface area contributed by atoms with Crippen LogP contribution in [0.2, 0.25) is 5.02 Å². The van der Waals surface area contributed by atoms with E-state index in [1.54, 1.807) is 24.4 Å². The highest BCUT2D eigenvalue weighted by atomic mass is 35.5. The quantitative estimate of drug-likeness (QED) is 0.782. The lowest BCUT2D eigenvalue weighted by molar-refractivity contribution is 0.416. The summed E-state index contributed by atoms with van der Waals surface area (Å²) in [6.45, 7) is 6.19. The first kappa shape index (κ1) is 12.0. The molecule has 0 saturated carbocycles. The van der Waals surface area contributed by atoms with Crippen molar-refractivity contribution in [2.75, 3.05) is 5.73 Å². The van der Waals surface area contributed by atoms with Gasteiger partial charge in [-0.3, -0.25) is 0 Å². The highest BCUT2D eigenvalue weighted by Crippen LogP contribution is 2.34. The molecular formula is C13H15ClN2O. The number of oxazole rings is 1. The minimum Gasteiger partial charge on any atom is -0.440 e. The molecule has 0 spiro atoms. The number of anilines is 1. The number of benzene rings is 1. The molecule has 2 rings (SSSR count). The van der Waals surface area contributed by atoms with Crippen molar-refractivity contribution in [2.24, 2.45) is 0 Å². The van der Waals surface area contributed by atoms with Gasteiger partial charge in [0.1, 0.15) is 5.76 Å². The van der Waals surface area contributed by atoms with Crippen LogP contribution in [-0.4, -0.2) is 4.98 Å². The Morgan fingerprint density at radius 2 is 2.00 bits per heavy atom. The summed E-state index contributed by atoms with van der Waals surface area (Å²) in [6, 6.07) is 5.35. The van der Waals surface area contributed by atoms with Gasteiger partial charge in [-0.05, 0) is 12.1 Å². The summed E-state index contributed by atoms with van der Waals surface area (Å²) in [5.74, 6) is 1.28. The maximum absolute atomic E-state index is 6.11. The molecule has 1 aromatic heterocycles. The maximum atomic E-state index is 6.11. The molecule has 4 heteroatoms. The van der Waals surface area contributed by atoms with Crippen molar-refractivity contribution in [3.63, 3.8) is 0 Å². The summed E-state index contributed by atoms with van der Waals surface area (Å²) in [6.07, 6.45) is 1.72. The van der Waals surface area contributed by atoms with Crippen molar-refractivity contribution in [3.8, 4) is 11.5 Å². The van der Waals surface area contributed by atoms with Gasteiger partial charge in [-0.1, -0.05) is 38.4 Å². The second-order valence-corrected chi connectivity index (χ2v) is 5.39. The predicted octanol–water partition coefficient (Wildman–Crippen LogP) is 3.87. The zero-order chi connectivity index (χ0) is 12.6. The predicted molar refractivity (Wildman–Crippen MR) is 70.1 cm³/mol. The van der Waals surface area contributed by atoms with E-state index in [-0.39, 0.29) is 5.41 Å². The molecule has 2 N–H and O–H groups in total. The van der Waals surface area contributed by atoms with Crippen LogP contribution in [0.3, 0.4) is 0 Å². The number of hydrogen-bond acceptors (Lipinski definition) is 3. The van der Waals surface area contributed by atoms with E-state index in [0.717, 1.165) is 5.76 Å². The highest BCUT2D eigenvalue weighted by Gasteiger charge is 2.21. The second kappa shape index (κ2) is 4.08. The van der Waals surface area contributed by atoms with Crippen molar-refractivity contribution in [1.82, 2.24) is 4.98 Å². The number of halogens is 1. The fourth-order valence-corrected chi connectivity index (χ4v) is 1.77. The molecule has 90 valence electrons. The molecular weight excluding hydrogens is 236 g/mol. The monoisotopic (exact) mass is 250 g/mol. The van der Waals surface area contributed by atoms with Gasteiger partial charge in [0.05, 0.1) is 16.8 Å². The first-order valence-electron chi connectivity index (χ1n) is 5.40. The van der Waals surface area contributed by atoms with E-state index in [2.05, 4.69) is 25.8 Å². The van der Waals surface area contributed by atoms with E-state index in [1.807, 2.05) is 0 Å². The third-order valence-electron chi connectivity index (χ3n) is 2.50. The van der Waals surface area contributed by atoms with Crippen molar-refractivity contribution >= 4 is 17.3 Å². The Kier molecular flexibility index (Phi) is 2.87. The van der Waals surface area contributed by atoms with Crippen LogP contribution in [-0.2, 0) is 5.41 Å². The summed E-state index contributed by atoms with van der Waals surface area (Å²) in [7, 11) is 0. The number of aromatic nitrogens is 1. The van der Waals surface area contributed by atoms with Gasteiger partial charge in [0.15, 0.2) is 0 Å². The van der Waals surface area contributed by atoms with Crippen LogP contribution in [0.4, 0.5) is 5.69 Å². The summed E-state index contributed by atoms with van der Waals surface area (Å²) in [5.41, 5.74) is 7.03. The standard InChI is InChI=1S/C13H15ClN2O/c1-13(2,3)10-7-16-12(17-10)11-8(14)5-4-6-9(11)15/h4-7H,15H2,1-3H3. The average molecular weight is 251 g/mol. The molecule has 2 aromatic rings. The number of nitrogen functional groups attached to an aromatic ring is 1. The molecule has 0 aliphatic carbocycles. The third-order valence-corrected chi connectivity index (χ3v) is 2.82. The van der Waals surface area contributed by atoms with Crippen molar-refractivity contribution in [3.05, 3.63) is 35.2 Å². The molecule has 0 fully saturated rings. The minimum absolute atomic E-state index is 0.0821. The van der Waals surface area contributed by atoms with Crippen LogP contribution in [0, 0.1) is 0 Å². The van der Waals surface area contributed by atoms with Crippen molar-refractivity contribution < 1.29 is 4.42 Å². The summed E-state index contributed by atoms with van der Waals surface area (Å²) in [4.78, 5) is 4.24. The van der Waals surface area contributed by atoms with Gasteiger partial charge in [-0.25, -0.2) is 4.98 Å². The van der Waals surface area contributed by atoms with Crippen LogP contribution < -0.4 is 5.73 Å². The molecule has 0 radical (unpaired) electrons. The Morgan fingerprint density at radius 1 is 1.29 bits per heavy atom. The molecule has 0 aliphatic rings. The van der Waals surface area contributed by atoms with Crippen LogP contribution in [0.1, 0.15) is 26.5 Å². The lowest BCUT2D eigenvalue weighted by Crippen LogP contribution is -2.09. The van der Waals surface area contributed by atoms with E-state index < -0.39 is 0 Å². The Morgan fingerprint density at radius 3 is 2.53 bits per heavy atom. The molecule has 1 heterocycles. The molecule has 0 atom stereocenters. The smallest absolute Gasteiger partial charge is 0.229 e. The summed E-state index contributed by atoms with van der Waals surface area (Å²) >= 11 is 6.11. The Labute approximate surface area is 106 Å². The zero-order valence-corrected chi connectivity index (χ0v) is 10.9. The molecule has 1 aromatic carbocycles. The van der Waals surface area contributed by atoms with Gasteiger partial charge >= 0.3 is 0 Å². The first-order valence-corrected chi connectivity index (χ1v) is 5.78. The fourth-order valence-electron chi connectivity index (χ4n) is 1.50. The molecule has 0 aliphatic heterocycles. The van der Waals surface area contributed by atoms with E-state index in [9.17, 15) is 0 Å². The SMILES string of the molecule is CC(C)(C)c1cnc(-c2c(N)cccc2Cl)o1. The van der Waals surface area contributed by atoms with Gasteiger partial charge in [0, 0.05) is 11.1 Å². The van der Waals surface area contributed by atoms with E-state index in [1.165, 1.54) is 0 Å². The number of nitrogens with two attached hydrogens (primary N) is 1. The maximum Gasteiger partial charge on any atom is 0.229 e. The molecule has 0 saturated heterocycles. The van der Waals surface area contributed by atoms with Crippen LogP contribution >= 0.6 is 11.6 Å². The summed E-state index contributed by atoms with van der Waals surface area (Å²) < 4.78 is 5.72. The molecule has 0 amide bonds. The number of hydrogen-bond donors (Lipinski definition) is 1. The van der Waals surface area contributed by atoms with Crippen LogP contribution in [0.25, 0.3) is 11.5 Å². The van der Waals surface area contributed by atoms with Gasteiger partial charge in [-0.2, -0.15) is 0 Å². The lowest BCUT2D eigenvalue weighted by Gasteiger charge is -2.13. The topological polar surface area (TPSA) is 52.0 Å². The van der Waals surface area contributed by atoms with Gasteiger partial charge < -0.3 is 10.2 Å².